The molecule has 0 fully saturated rings. The molecule has 15 heavy (non-hydrogen) atoms. The molecule has 1 rings (SSSR count). The molecule has 0 bridgehead atoms. The summed E-state index contributed by atoms with van der Waals surface area (Å²) >= 11 is 1.59. The average molecular weight is 223 g/mol. The lowest BCUT2D eigenvalue weighted by atomic mass is 10.2. The lowest BCUT2D eigenvalue weighted by Gasteiger charge is -2.08. The second kappa shape index (κ2) is 5.81. The molecule has 0 aromatic heterocycles. The first-order valence-corrected chi connectivity index (χ1v) is 6.06. The molecule has 0 aliphatic carbocycles. The summed E-state index contributed by atoms with van der Waals surface area (Å²) in [5.74, 6) is 0.585. The fraction of sp³-hybridized carbons (Fsp3) is 0.417. The van der Waals surface area contributed by atoms with Crippen molar-refractivity contribution < 1.29 is 4.79 Å². The van der Waals surface area contributed by atoms with Crippen molar-refractivity contribution in [1.29, 1.82) is 0 Å². The molecule has 0 saturated heterocycles. The van der Waals surface area contributed by atoms with Crippen molar-refractivity contribution in [2.75, 3.05) is 5.75 Å². The normalized spacial score (nSPS) is 10.4. The van der Waals surface area contributed by atoms with E-state index in [9.17, 15) is 4.79 Å². The van der Waals surface area contributed by atoms with Crippen LogP contribution < -0.4 is 5.32 Å². The van der Waals surface area contributed by atoms with Gasteiger partial charge in [0.15, 0.2) is 0 Å². The van der Waals surface area contributed by atoms with Gasteiger partial charge in [0.1, 0.15) is 0 Å². The molecule has 0 aliphatic rings. The highest BCUT2D eigenvalue weighted by Crippen LogP contribution is 2.21. The molecule has 82 valence electrons. The number of hydrogen-bond donors (Lipinski definition) is 1. The van der Waals surface area contributed by atoms with Gasteiger partial charge in [0, 0.05) is 10.9 Å². The highest BCUT2D eigenvalue weighted by atomic mass is 32.2. The van der Waals surface area contributed by atoms with Gasteiger partial charge >= 0.3 is 0 Å². The van der Waals surface area contributed by atoms with Gasteiger partial charge in [-0.1, -0.05) is 18.2 Å². The van der Waals surface area contributed by atoms with E-state index in [4.69, 9.17) is 0 Å². The molecular weight excluding hydrogens is 206 g/mol. The second-order valence-corrected chi connectivity index (χ2v) is 4.79. The SMILES string of the molecule is Cc1ccccc1SCC(=O)NC(C)C. The van der Waals surface area contributed by atoms with E-state index in [1.165, 1.54) is 10.5 Å². The monoisotopic (exact) mass is 223 g/mol. The van der Waals surface area contributed by atoms with Gasteiger partial charge in [-0.2, -0.15) is 0 Å². The predicted molar refractivity (Wildman–Crippen MR) is 65.2 cm³/mol. The molecule has 0 spiro atoms. The fourth-order valence-corrected chi connectivity index (χ4v) is 2.07. The Morgan fingerprint density at radius 3 is 2.67 bits per heavy atom. The quantitative estimate of drug-likeness (QED) is 0.795. The van der Waals surface area contributed by atoms with Gasteiger partial charge in [-0.15, -0.1) is 11.8 Å². The number of amides is 1. The molecule has 1 aromatic carbocycles. The van der Waals surface area contributed by atoms with Crippen LogP contribution in [0, 0.1) is 6.92 Å². The van der Waals surface area contributed by atoms with Crippen LogP contribution in [-0.2, 0) is 4.79 Å². The third-order valence-corrected chi connectivity index (χ3v) is 3.08. The van der Waals surface area contributed by atoms with E-state index in [2.05, 4.69) is 18.3 Å². The first-order valence-electron chi connectivity index (χ1n) is 5.07. The van der Waals surface area contributed by atoms with Crippen molar-refractivity contribution >= 4 is 17.7 Å². The summed E-state index contributed by atoms with van der Waals surface area (Å²) in [5.41, 5.74) is 1.22. The Balaban J connectivity index is 2.44. The van der Waals surface area contributed by atoms with Gasteiger partial charge in [-0.05, 0) is 32.4 Å². The van der Waals surface area contributed by atoms with E-state index >= 15 is 0 Å². The third-order valence-electron chi connectivity index (χ3n) is 1.90. The van der Waals surface area contributed by atoms with E-state index < -0.39 is 0 Å². The number of carbonyl (C=O) groups excluding carboxylic acids is 1. The molecule has 0 saturated carbocycles. The third kappa shape index (κ3) is 4.38. The maximum absolute atomic E-state index is 11.4. The minimum absolute atomic E-state index is 0.0956. The summed E-state index contributed by atoms with van der Waals surface area (Å²) < 4.78 is 0. The zero-order valence-electron chi connectivity index (χ0n) is 9.41. The van der Waals surface area contributed by atoms with Crippen LogP contribution in [0.2, 0.25) is 0 Å². The summed E-state index contributed by atoms with van der Waals surface area (Å²) in [5, 5.41) is 2.87. The van der Waals surface area contributed by atoms with Crippen molar-refractivity contribution in [1.82, 2.24) is 5.32 Å². The minimum Gasteiger partial charge on any atom is -0.353 e. The summed E-state index contributed by atoms with van der Waals surface area (Å²) in [6.07, 6.45) is 0. The highest BCUT2D eigenvalue weighted by molar-refractivity contribution is 8.00. The van der Waals surface area contributed by atoms with Crippen LogP contribution in [0.3, 0.4) is 0 Å². The van der Waals surface area contributed by atoms with Gasteiger partial charge < -0.3 is 5.32 Å². The zero-order valence-corrected chi connectivity index (χ0v) is 10.2. The number of nitrogens with one attached hydrogen (secondary N) is 1. The molecule has 0 atom stereocenters. The van der Waals surface area contributed by atoms with E-state index in [0.717, 1.165) is 0 Å². The summed E-state index contributed by atoms with van der Waals surface area (Å²) in [6.45, 7) is 6.00. The lowest BCUT2D eigenvalue weighted by molar-refractivity contribution is -0.119. The number of thioether (sulfide) groups is 1. The van der Waals surface area contributed by atoms with Crippen molar-refractivity contribution in [3.05, 3.63) is 29.8 Å². The topological polar surface area (TPSA) is 29.1 Å². The second-order valence-electron chi connectivity index (χ2n) is 3.78. The zero-order chi connectivity index (χ0) is 11.3. The Hall–Kier alpha value is -0.960. The molecule has 0 aliphatic heterocycles. The maximum Gasteiger partial charge on any atom is 0.230 e. The summed E-state index contributed by atoms with van der Waals surface area (Å²) in [4.78, 5) is 12.6. The highest BCUT2D eigenvalue weighted by Gasteiger charge is 2.05. The lowest BCUT2D eigenvalue weighted by Crippen LogP contribution is -2.31. The first-order chi connectivity index (χ1) is 7.09. The molecule has 1 N–H and O–H groups in total. The smallest absolute Gasteiger partial charge is 0.230 e. The Morgan fingerprint density at radius 1 is 1.40 bits per heavy atom. The Labute approximate surface area is 95.5 Å². The number of rotatable bonds is 4. The van der Waals surface area contributed by atoms with E-state index in [0.29, 0.717) is 5.75 Å². The van der Waals surface area contributed by atoms with Crippen LogP contribution in [-0.4, -0.2) is 17.7 Å². The van der Waals surface area contributed by atoms with Gasteiger partial charge in [0.05, 0.1) is 5.75 Å². The van der Waals surface area contributed by atoms with E-state index in [-0.39, 0.29) is 11.9 Å². The molecular formula is C12H17NOS. The van der Waals surface area contributed by atoms with E-state index in [1.807, 2.05) is 32.0 Å². The van der Waals surface area contributed by atoms with Crippen LogP contribution >= 0.6 is 11.8 Å². The summed E-state index contributed by atoms with van der Waals surface area (Å²) in [6, 6.07) is 8.32. The van der Waals surface area contributed by atoms with Gasteiger partial charge in [0.2, 0.25) is 5.91 Å². The Kier molecular flexibility index (Phi) is 4.69. The van der Waals surface area contributed by atoms with Crippen molar-refractivity contribution in [2.24, 2.45) is 0 Å². The maximum atomic E-state index is 11.4. The Bertz CT molecular complexity index is 336. The number of carbonyl (C=O) groups is 1. The van der Waals surface area contributed by atoms with E-state index in [1.54, 1.807) is 11.8 Å². The van der Waals surface area contributed by atoms with Gasteiger partial charge in [-0.25, -0.2) is 0 Å². The van der Waals surface area contributed by atoms with Crippen LogP contribution in [0.5, 0.6) is 0 Å². The van der Waals surface area contributed by atoms with Crippen molar-refractivity contribution in [3.8, 4) is 0 Å². The van der Waals surface area contributed by atoms with Gasteiger partial charge in [-0.3, -0.25) is 4.79 Å². The van der Waals surface area contributed by atoms with Crippen LogP contribution in [0.1, 0.15) is 19.4 Å². The standard InChI is InChI=1S/C12H17NOS/c1-9(2)13-12(14)8-15-11-7-5-4-6-10(11)3/h4-7,9H,8H2,1-3H3,(H,13,14). The number of aryl methyl sites for hydroxylation is 1. The molecule has 1 aromatic rings. The molecule has 1 amide bonds. The largest absolute Gasteiger partial charge is 0.353 e. The number of hydrogen-bond acceptors (Lipinski definition) is 2. The molecule has 2 nitrogen and oxygen atoms in total. The van der Waals surface area contributed by atoms with Crippen LogP contribution in [0.25, 0.3) is 0 Å². The molecule has 0 heterocycles. The van der Waals surface area contributed by atoms with Crippen molar-refractivity contribution in [2.45, 2.75) is 31.7 Å². The van der Waals surface area contributed by atoms with Crippen molar-refractivity contribution in [3.63, 3.8) is 0 Å². The fourth-order valence-electron chi connectivity index (χ4n) is 1.23. The minimum atomic E-state index is 0.0956. The Morgan fingerprint density at radius 2 is 2.07 bits per heavy atom. The molecule has 0 unspecified atom stereocenters. The van der Waals surface area contributed by atoms with Crippen LogP contribution in [0.4, 0.5) is 0 Å². The van der Waals surface area contributed by atoms with Crippen LogP contribution in [0.15, 0.2) is 29.2 Å². The average Bonchev–Trinajstić information content (AvgIpc) is 2.15. The molecule has 0 radical (unpaired) electrons. The summed E-state index contributed by atoms with van der Waals surface area (Å²) in [7, 11) is 0. The number of benzene rings is 1. The molecule has 3 heteroatoms. The predicted octanol–water partition coefficient (Wildman–Crippen LogP) is 2.61. The first kappa shape index (κ1) is 12.1. The van der Waals surface area contributed by atoms with Gasteiger partial charge in [0.25, 0.3) is 0 Å².